The monoisotopic (exact) mass is 298 g/mol. The van der Waals surface area contributed by atoms with Crippen LogP contribution in [0, 0.1) is 0 Å². The summed E-state index contributed by atoms with van der Waals surface area (Å²) in [5.74, 6) is 0. The topological polar surface area (TPSA) is 114 Å². The van der Waals surface area contributed by atoms with Crippen LogP contribution in [0.5, 0.6) is 0 Å². The molecule has 0 spiro atoms. The molecule has 0 unspecified atom stereocenters. The quantitative estimate of drug-likeness (QED) is 0.537. The average Bonchev–Trinajstić information content (AvgIpc) is 0. The van der Waals surface area contributed by atoms with E-state index in [9.17, 15) is 0 Å². The predicted octanol–water partition coefficient (Wildman–Crippen LogP) is -0.485. The van der Waals surface area contributed by atoms with Crippen LogP contribution < -0.4 is 0 Å². The van der Waals surface area contributed by atoms with Crippen LogP contribution in [0.15, 0.2) is 0 Å². The minimum absolute atomic E-state index is 0. The second-order valence-corrected chi connectivity index (χ2v) is 0. The van der Waals surface area contributed by atoms with Crippen molar-refractivity contribution in [1.29, 1.82) is 0 Å². The van der Waals surface area contributed by atoms with E-state index in [-0.39, 0.29) is 92.0 Å². The van der Waals surface area contributed by atoms with Crippen LogP contribution in [0.2, 0.25) is 0 Å². The van der Waals surface area contributed by atoms with Gasteiger partial charge < -0.3 is 21.9 Å². The normalized spacial score (nSPS) is 0. The molecule has 0 saturated heterocycles. The number of hydrogen-bond acceptors (Lipinski definition) is 0. The smallest absolute Gasteiger partial charge is 2.00 e. The molecule has 8 heavy (non-hydrogen) atoms. The Labute approximate surface area is 91.4 Å². The number of rotatable bonds is 0. The average molecular weight is 300 g/mol. The van der Waals surface area contributed by atoms with Gasteiger partial charge >= 0.3 is 70.1 Å². The molecule has 0 heterocycles. The van der Waals surface area contributed by atoms with Gasteiger partial charge in [-0.2, -0.15) is 0 Å². The van der Waals surface area contributed by atoms with E-state index in [1.807, 2.05) is 0 Å². The van der Waals surface area contributed by atoms with Gasteiger partial charge in [-0.15, -0.1) is 0 Å². The Kier molecular flexibility index (Phi) is 3670. The van der Waals surface area contributed by atoms with Crippen molar-refractivity contribution in [1.82, 2.24) is 0 Å². The van der Waals surface area contributed by atoms with E-state index in [1.165, 1.54) is 0 Å². The zero-order chi connectivity index (χ0) is 0. The summed E-state index contributed by atoms with van der Waals surface area (Å²) in [6.07, 6.45) is 0. The molecule has 0 bridgehead atoms. The molecule has 50 valence electrons. The van der Waals surface area contributed by atoms with Crippen LogP contribution in [0.1, 0.15) is 0 Å². The third kappa shape index (κ3) is 98.2. The molecule has 8 heteroatoms. The molecule has 0 N–H and O–H groups in total. The predicted molar refractivity (Wildman–Crippen MR) is 2.75 cm³/mol. The molecule has 0 aliphatic rings. The summed E-state index contributed by atoms with van der Waals surface area (Å²) in [4.78, 5) is 0. The van der Waals surface area contributed by atoms with Crippen molar-refractivity contribution in [2.24, 2.45) is 0 Å². The fourth-order valence-electron chi connectivity index (χ4n) is 0. The molecule has 0 aliphatic heterocycles. The van der Waals surface area contributed by atoms with Gasteiger partial charge in [-0.25, -0.2) is 0 Å². The summed E-state index contributed by atoms with van der Waals surface area (Å²) in [6, 6.07) is 0. The molecule has 0 amide bonds. The Morgan fingerprint density at radius 3 is 0.500 bits per heavy atom. The second kappa shape index (κ2) is 144. The van der Waals surface area contributed by atoms with Crippen molar-refractivity contribution < 1.29 is 92.0 Å². The third-order valence-electron chi connectivity index (χ3n) is 0. The molecule has 2 radical (unpaired) electrons. The minimum atomic E-state index is 0. The van der Waals surface area contributed by atoms with Gasteiger partial charge in [0.05, 0.1) is 0 Å². The summed E-state index contributed by atoms with van der Waals surface area (Å²) in [7, 11) is 0. The van der Waals surface area contributed by atoms with E-state index in [1.54, 1.807) is 0 Å². The van der Waals surface area contributed by atoms with E-state index < -0.39 is 0 Å². The van der Waals surface area contributed by atoms with E-state index in [4.69, 9.17) is 0 Å². The van der Waals surface area contributed by atoms with Gasteiger partial charge in [0.1, 0.15) is 0 Å². The molecule has 0 fully saturated rings. The molecule has 0 aromatic carbocycles. The molecule has 0 aromatic rings. The maximum atomic E-state index is 0. The van der Waals surface area contributed by atoms with Crippen molar-refractivity contribution in [3.8, 4) is 0 Å². The van der Waals surface area contributed by atoms with Gasteiger partial charge in [-0.1, -0.05) is 0 Å². The molecular weight excluding hydrogens is 300 g/mol. The molecule has 0 rings (SSSR count). The molecular formula is Fe2NiO4Zn+2. The summed E-state index contributed by atoms with van der Waals surface area (Å²) in [5, 5.41) is 0. The Morgan fingerprint density at radius 2 is 0.500 bits per heavy atom. The van der Waals surface area contributed by atoms with Gasteiger partial charge in [0.25, 0.3) is 0 Å². The zero-order valence-corrected chi connectivity index (χ0v) is 9.53. The standard InChI is InChI=1S/2Fe.Ni.4O.Zn/q2*+3;+2;4*-2;+2. The Balaban J connectivity index is 0. The third-order valence-corrected chi connectivity index (χ3v) is 0. The summed E-state index contributed by atoms with van der Waals surface area (Å²) in [6.45, 7) is 0. The maximum Gasteiger partial charge on any atom is 3.00 e. The SMILES string of the molecule is [Fe+3].[Fe+3].[Ni+2].[O-2].[O-2].[O-2].[O-2].[Zn+2]. The summed E-state index contributed by atoms with van der Waals surface area (Å²) < 4.78 is 0. The van der Waals surface area contributed by atoms with Gasteiger partial charge in [0.15, 0.2) is 0 Å². The van der Waals surface area contributed by atoms with Crippen molar-refractivity contribution in [2.75, 3.05) is 0 Å². The van der Waals surface area contributed by atoms with Crippen molar-refractivity contribution in [3.63, 3.8) is 0 Å². The van der Waals surface area contributed by atoms with Crippen LogP contribution in [0.4, 0.5) is 0 Å². The first-order valence-electron chi connectivity index (χ1n) is 0. The fourth-order valence-corrected chi connectivity index (χ4v) is 0. The fraction of sp³-hybridized carbons (Fsp3) is 0. The zero-order valence-electron chi connectivity index (χ0n) is 3.36. The Bertz CT molecular complexity index is 14.0. The van der Waals surface area contributed by atoms with Crippen molar-refractivity contribution in [2.45, 2.75) is 0 Å². The van der Waals surface area contributed by atoms with Gasteiger partial charge in [-0.3, -0.25) is 0 Å². The van der Waals surface area contributed by atoms with E-state index in [0.717, 1.165) is 0 Å². The molecule has 0 atom stereocenters. The maximum absolute atomic E-state index is 0. The largest absolute Gasteiger partial charge is 3.00 e. The van der Waals surface area contributed by atoms with Crippen molar-refractivity contribution >= 4 is 0 Å². The van der Waals surface area contributed by atoms with Crippen LogP contribution in [0.3, 0.4) is 0 Å². The number of hydrogen-bond donors (Lipinski definition) is 0. The first-order valence-corrected chi connectivity index (χ1v) is 0. The van der Waals surface area contributed by atoms with Gasteiger partial charge in [0.2, 0.25) is 0 Å². The summed E-state index contributed by atoms with van der Waals surface area (Å²) in [5.41, 5.74) is 0. The Hall–Kier alpha value is 2.00. The molecule has 4 nitrogen and oxygen atoms in total. The van der Waals surface area contributed by atoms with Crippen molar-refractivity contribution in [3.05, 3.63) is 0 Å². The van der Waals surface area contributed by atoms with Crippen LogP contribution in [0.25, 0.3) is 0 Å². The van der Waals surface area contributed by atoms with Gasteiger partial charge in [0, 0.05) is 0 Å². The van der Waals surface area contributed by atoms with Gasteiger partial charge in [-0.05, 0) is 0 Å². The first-order chi connectivity index (χ1) is 0. The second-order valence-electron chi connectivity index (χ2n) is 0. The van der Waals surface area contributed by atoms with E-state index in [0.29, 0.717) is 0 Å². The van der Waals surface area contributed by atoms with E-state index >= 15 is 0 Å². The molecule has 0 aliphatic carbocycles. The molecule has 0 saturated carbocycles. The van der Waals surface area contributed by atoms with Crippen LogP contribution in [-0.4, -0.2) is 0 Å². The first kappa shape index (κ1) is 203. The minimum Gasteiger partial charge on any atom is -2.00 e. The van der Waals surface area contributed by atoms with Crippen LogP contribution in [-0.2, 0) is 92.0 Å². The summed E-state index contributed by atoms with van der Waals surface area (Å²) >= 11 is 0. The molecule has 0 aromatic heterocycles. The Morgan fingerprint density at radius 1 is 0.500 bits per heavy atom. The van der Waals surface area contributed by atoms with Crippen LogP contribution >= 0.6 is 0 Å². The van der Waals surface area contributed by atoms with E-state index in [2.05, 4.69) is 0 Å².